The van der Waals surface area contributed by atoms with Gasteiger partial charge in [-0.2, -0.15) is 0 Å². The van der Waals surface area contributed by atoms with Crippen molar-refractivity contribution in [2.75, 3.05) is 26.3 Å². The number of carbonyl (C=O) groups excluding carboxylic acids is 1. The molecule has 0 aromatic heterocycles. The normalized spacial score (nSPS) is 14.5. The van der Waals surface area contributed by atoms with Crippen molar-refractivity contribution in [3.8, 4) is 17.6 Å². The first-order valence-corrected chi connectivity index (χ1v) is 8.85. The summed E-state index contributed by atoms with van der Waals surface area (Å²) in [6.07, 6.45) is 6.26. The number of para-hydroxylation sites is 1. The lowest BCUT2D eigenvalue weighted by Gasteiger charge is -2.24. The highest BCUT2D eigenvalue weighted by atomic mass is 16.6. The summed E-state index contributed by atoms with van der Waals surface area (Å²) in [6.45, 7) is 3.54. The van der Waals surface area contributed by atoms with Crippen LogP contribution in [-0.4, -0.2) is 32.3 Å². The molecule has 0 radical (unpaired) electrons. The van der Waals surface area contributed by atoms with E-state index < -0.39 is 0 Å². The van der Waals surface area contributed by atoms with Crippen molar-refractivity contribution in [3.63, 3.8) is 0 Å². The third kappa shape index (κ3) is 6.25. The van der Waals surface area contributed by atoms with Gasteiger partial charge in [0.2, 0.25) is 0 Å². The molecule has 24 heavy (non-hydrogen) atoms. The third-order valence-corrected chi connectivity index (χ3v) is 4.20. The number of nitrogens with one attached hydrogen (secondary N) is 1. The predicted molar refractivity (Wildman–Crippen MR) is 95.0 cm³/mol. The van der Waals surface area contributed by atoms with E-state index in [-0.39, 0.29) is 19.2 Å². The van der Waals surface area contributed by atoms with E-state index in [9.17, 15) is 4.79 Å². The van der Waals surface area contributed by atoms with E-state index in [1.165, 1.54) is 37.7 Å². The Morgan fingerprint density at radius 1 is 1.21 bits per heavy atom. The quantitative estimate of drug-likeness (QED) is 0.474. The van der Waals surface area contributed by atoms with Gasteiger partial charge in [-0.05, 0) is 36.9 Å². The van der Waals surface area contributed by atoms with Gasteiger partial charge in [0, 0.05) is 0 Å². The molecule has 0 bridgehead atoms. The molecular formula is C20H27NO3. The lowest BCUT2D eigenvalue weighted by Crippen LogP contribution is -2.16. The molecule has 130 valence electrons. The molecule has 4 nitrogen and oxygen atoms in total. The van der Waals surface area contributed by atoms with E-state index >= 15 is 0 Å². The topological polar surface area (TPSA) is 47.6 Å². The molecule has 2 rings (SSSR count). The second-order valence-electron chi connectivity index (χ2n) is 5.96. The minimum absolute atomic E-state index is 0.0708. The maximum absolute atomic E-state index is 11.8. The molecule has 0 aliphatic heterocycles. The van der Waals surface area contributed by atoms with E-state index in [2.05, 4.69) is 23.2 Å². The first-order valence-electron chi connectivity index (χ1n) is 8.85. The molecule has 1 aliphatic rings. The van der Waals surface area contributed by atoms with Crippen LogP contribution in [0, 0.1) is 11.8 Å². The Labute approximate surface area is 144 Å². The van der Waals surface area contributed by atoms with Gasteiger partial charge in [0.1, 0.15) is 5.75 Å². The van der Waals surface area contributed by atoms with Crippen LogP contribution in [0.25, 0.3) is 0 Å². The molecule has 0 amide bonds. The second-order valence-corrected chi connectivity index (χ2v) is 5.96. The van der Waals surface area contributed by atoms with Crippen molar-refractivity contribution in [1.82, 2.24) is 5.32 Å². The molecular weight excluding hydrogens is 302 g/mol. The number of carbonyl (C=O) groups is 1. The zero-order valence-electron chi connectivity index (χ0n) is 14.5. The molecule has 1 N–H and O–H groups in total. The van der Waals surface area contributed by atoms with Crippen LogP contribution < -0.4 is 10.1 Å². The van der Waals surface area contributed by atoms with Crippen molar-refractivity contribution >= 4 is 5.97 Å². The smallest absolute Gasteiger partial charge is 0.345 e. The Balaban J connectivity index is 1.78. The number of hydrogen-bond acceptors (Lipinski definition) is 4. The Kier molecular flexibility index (Phi) is 8.20. The zero-order valence-corrected chi connectivity index (χ0v) is 14.5. The van der Waals surface area contributed by atoms with Crippen molar-refractivity contribution in [3.05, 3.63) is 29.8 Å². The van der Waals surface area contributed by atoms with Gasteiger partial charge in [-0.1, -0.05) is 56.2 Å². The summed E-state index contributed by atoms with van der Waals surface area (Å²) in [5.74, 6) is 6.66. The molecule has 1 saturated carbocycles. The van der Waals surface area contributed by atoms with Crippen LogP contribution in [0.1, 0.15) is 50.5 Å². The van der Waals surface area contributed by atoms with E-state index in [0.717, 1.165) is 12.3 Å². The van der Waals surface area contributed by atoms with Gasteiger partial charge in [0.25, 0.3) is 0 Å². The Morgan fingerprint density at radius 3 is 2.79 bits per heavy atom. The van der Waals surface area contributed by atoms with E-state index in [0.29, 0.717) is 12.5 Å². The van der Waals surface area contributed by atoms with Crippen molar-refractivity contribution in [2.45, 2.75) is 44.9 Å². The summed E-state index contributed by atoms with van der Waals surface area (Å²) in [6, 6.07) is 8.03. The molecule has 0 saturated heterocycles. The summed E-state index contributed by atoms with van der Waals surface area (Å²) >= 11 is 0. The van der Waals surface area contributed by atoms with Crippen LogP contribution >= 0.6 is 0 Å². The highest BCUT2D eigenvalue weighted by molar-refractivity contribution is 5.71. The highest BCUT2D eigenvalue weighted by Crippen LogP contribution is 2.37. The number of hydrogen-bond donors (Lipinski definition) is 1. The summed E-state index contributed by atoms with van der Waals surface area (Å²) in [4.78, 5) is 11.8. The van der Waals surface area contributed by atoms with Crippen LogP contribution in [0.5, 0.6) is 5.75 Å². The summed E-state index contributed by atoms with van der Waals surface area (Å²) < 4.78 is 10.8. The van der Waals surface area contributed by atoms with Crippen molar-refractivity contribution in [1.29, 1.82) is 0 Å². The zero-order chi connectivity index (χ0) is 17.0. The standard InChI is InChI=1S/C20H27NO3/c1-2-21-14-8-9-15-23-20(22)16-24-19-13-7-6-12-18(19)17-10-4-3-5-11-17/h6-7,12-13,17,21H,2-5,10-11,14-16H2,1H3. The molecule has 1 aromatic rings. The Morgan fingerprint density at radius 2 is 2.00 bits per heavy atom. The number of esters is 1. The van der Waals surface area contributed by atoms with Crippen LogP contribution in [0.3, 0.4) is 0 Å². The summed E-state index contributed by atoms with van der Waals surface area (Å²) in [5.41, 5.74) is 1.22. The largest absolute Gasteiger partial charge is 0.482 e. The van der Waals surface area contributed by atoms with Gasteiger partial charge in [-0.25, -0.2) is 4.79 Å². The SMILES string of the molecule is CCNCC#CCOC(=O)COc1ccccc1C1CCCCC1. The Bertz CT molecular complexity index is 568. The van der Waals surface area contributed by atoms with Gasteiger partial charge in [0.15, 0.2) is 13.2 Å². The van der Waals surface area contributed by atoms with E-state index in [1.54, 1.807) is 0 Å². The molecule has 0 atom stereocenters. The van der Waals surface area contributed by atoms with Crippen LogP contribution in [0.4, 0.5) is 0 Å². The fraction of sp³-hybridized carbons (Fsp3) is 0.550. The van der Waals surface area contributed by atoms with Gasteiger partial charge in [-0.3, -0.25) is 0 Å². The fourth-order valence-corrected chi connectivity index (χ4v) is 2.96. The second kappa shape index (κ2) is 10.7. The van der Waals surface area contributed by atoms with Crippen molar-refractivity contribution < 1.29 is 14.3 Å². The van der Waals surface area contributed by atoms with Gasteiger partial charge < -0.3 is 14.8 Å². The number of benzene rings is 1. The number of ether oxygens (including phenoxy) is 2. The van der Waals surface area contributed by atoms with E-state index in [1.807, 2.05) is 25.1 Å². The average molecular weight is 329 g/mol. The molecule has 0 unspecified atom stereocenters. The average Bonchev–Trinajstić information content (AvgIpc) is 2.64. The van der Waals surface area contributed by atoms with Gasteiger partial charge in [0.05, 0.1) is 6.54 Å². The first-order chi connectivity index (χ1) is 11.8. The third-order valence-electron chi connectivity index (χ3n) is 4.20. The maximum Gasteiger partial charge on any atom is 0.345 e. The monoisotopic (exact) mass is 329 g/mol. The molecule has 4 heteroatoms. The lowest BCUT2D eigenvalue weighted by atomic mass is 9.84. The number of rotatable bonds is 7. The van der Waals surface area contributed by atoms with Crippen LogP contribution in [0.15, 0.2) is 24.3 Å². The summed E-state index contributed by atoms with van der Waals surface area (Å²) in [7, 11) is 0. The van der Waals surface area contributed by atoms with Crippen LogP contribution in [-0.2, 0) is 9.53 Å². The molecule has 0 spiro atoms. The molecule has 1 fully saturated rings. The van der Waals surface area contributed by atoms with E-state index in [4.69, 9.17) is 9.47 Å². The molecule has 1 aliphatic carbocycles. The maximum atomic E-state index is 11.8. The van der Waals surface area contributed by atoms with Crippen LogP contribution in [0.2, 0.25) is 0 Å². The first kappa shape index (κ1) is 18.4. The fourth-order valence-electron chi connectivity index (χ4n) is 2.96. The van der Waals surface area contributed by atoms with Gasteiger partial charge in [-0.15, -0.1) is 0 Å². The van der Waals surface area contributed by atoms with Crippen molar-refractivity contribution in [2.24, 2.45) is 0 Å². The highest BCUT2D eigenvalue weighted by Gasteiger charge is 2.19. The minimum atomic E-state index is -0.383. The lowest BCUT2D eigenvalue weighted by molar-refractivity contribution is -0.144. The predicted octanol–water partition coefficient (Wildman–Crippen LogP) is 3.27. The summed E-state index contributed by atoms with van der Waals surface area (Å²) in [5, 5.41) is 3.08. The molecule has 1 aromatic carbocycles. The Hall–Kier alpha value is -1.99. The van der Waals surface area contributed by atoms with Gasteiger partial charge >= 0.3 is 5.97 Å². The minimum Gasteiger partial charge on any atom is -0.482 e. The molecule has 0 heterocycles.